The monoisotopic (exact) mass is 232 g/mol. The van der Waals surface area contributed by atoms with Crippen LogP contribution in [-0.2, 0) is 19.6 Å². The van der Waals surface area contributed by atoms with Gasteiger partial charge in [-0.3, -0.25) is 4.55 Å². The number of esters is 1. The van der Waals surface area contributed by atoms with Crippen molar-refractivity contribution in [3.8, 4) is 0 Å². The third-order valence-electron chi connectivity index (χ3n) is 1.35. The Bertz CT molecular complexity index is 301. The van der Waals surface area contributed by atoms with Gasteiger partial charge in [0.25, 0.3) is 10.1 Å². The first-order valence-electron chi connectivity index (χ1n) is 3.58. The smallest absolute Gasteiger partial charge is 1.00 e. The molecule has 0 fully saturated rings. The van der Waals surface area contributed by atoms with E-state index in [0.717, 1.165) is 0 Å². The summed E-state index contributed by atoms with van der Waals surface area (Å²) in [5.41, 5.74) is 0.200. The van der Waals surface area contributed by atoms with Gasteiger partial charge in [-0.1, -0.05) is 6.58 Å². The zero-order valence-electron chi connectivity index (χ0n) is 9.32. The first-order valence-corrected chi connectivity index (χ1v) is 5.19. The van der Waals surface area contributed by atoms with Crippen molar-refractivity contribution in [1.29, 1.82) is 0 Å². The topological polar surface area (TPSA) is 80.7 Å². The second kappa shape index (κ2) is 7.42. The van der Waals surface area contributed by atoms with E-state index in [-0.39, 0.29) is 55.2 Å². The van der Waals surface area contributed by atoms with E-state index in [2.05, 4.69) is 11.3 Å². The van der Waals surface area contributed by atoms with E-state index in [9.17, 15) is 13.2 Å². The standard InChI is InChI=1S/C7H12O5S.Na.H/c1-6(7(8)12-2)4-3-5-13(9,10)11;;/h1,3-5H2,2H3,(H,9,10,11);;/q;+1;-1. The molecule has 0 rings (SSSR count). The molecule has 0 aromatic heterocycles. The summed E-state index contributed by atoms with van der Waals surface area (Å²) in [6, 6.07) is 0. The van der Waals surface area contributed by atoms with Crippen LogP contribution in [0, 0.1) is 0 Å². The number of carbonyl (C=O) groups is 1. The molecule has 0 bridgehead atoms. The largest absolute Gasteiger partial charge is 1.00 e. The zero-order valence-corrected chi connectivity index (χ0v) is 11.1. The molecule has 0 heterocycles. The first kappa shape index (κ1) is 16.5. The predicted molar refractivity (Wildman–Crippen MR) is 47.9 cm³/mol. The second-order valence-corrected chi connectivity index (χ2v) is 4.06. The van der Waals surface area contributed by atoms with E-state index < -0.39 is 16.1 Å². The number of hydrogen-bond donors (Lipinski definition) is 1. The van der Waals surface area contributed by atoms with Crippen molar-refractivity contribution in [3.63, 3.8) is 0 Å². The molecule has 78 valence electrons. The minimum atomic E-state index is -3.95. The molecule has 0 aromatic rings. The molecule has 0 aliphatic carbocycles. The quantitative estimate of drug-likeness (QED) is 0.245. The molecule has 0 radical (unpaired) electrons. The molecular weight excluding hydrogens is 219 g/mol. The Hall–Kier alpha value is 0.120. The van der Waals surface area contributed by atoms with E-state index in [1.54, 1.807) is 0 Å². The van der Waals surface area contributed by atoms with Gasteiger partial charge in [0.05, 0.1) is 12.9 Å². The molecule has 14 heavy (non-hydrogen) atoms. The minimum absolute atomic E-state index is 0. The number of rotatable bonds is 5. The van der Waals surface area contributed by atoms with Crippen molar-refractivity contribution in [2.24, 2.45) is 0 Å². The molecule has 1 N–H and O–H groups in total. The molecule has 0 saturated heterocycles. The van der Waals surface area contributed by atoms with Gasteiger partial charge in [0.1, 0.15) is 0 Å². The van der Waals surface area contributed by atoms with Crippen LogP contribution in [-0.4, -0.2) is 31.8 Å². The summed E-state index contributed by atoms with van der Waals surface area (Å²) >= 11 is 0. The SMILES string of the molecule is C=C(CCCS(=O)(=O)O)C(=O)OC.[H-].[Na+]. The molecule has 0 amide bonds. The fraction of sp³-hybridized carbons (Fsp3) is 0.571. The summed E-state index contributed by atoms with van der Waals surface area (Å²) in [6.45, 7) is 3.39. The van der Waals surface area contributed by atoms with Gasteiger partial charge in [-0.2, -0.15) is 8.42 Å². The van der Waals surface area contributed by atoms with Gasteiger partial charge in [0, 0.05) is 5.57 Å². The van der Waals surface area contributed by atoms with Crippen molar-refractivity contribution in [2.45, 2.75) is 12.8 Å². The van der Waals surface area contributed by atoms with Crippen LogP contribution in [0.4, 0.5) is 0 Å². The molecular formula is C7H13NaO5S. The molecule has 0 atom stereocenters. The Morgan fingerprint density at radius 2 is 2.07 bits per heavy atom. The molecule has 5 nitrogen and oxygen atoms in total. The zero-order chi connectivity index (χ0) is 10.5. The fourth-order valence-corrected chi connectivity index (χ4v) is 1.22. The fourth-order valence-electron chi connectivity index (χ4n) is 0.714. The number of carbonyl (C=O) groups excluding carboxylic acids is 1. The molecule has 0 saturated carbocycles. The van der Waals surface area contributed by atoms with Gasteiger partial charge in [0.15, 0.2) is 0 Å². The second-order valence-electron chi connectivity index (χ2n) is 2.48. The summed E-state index contributed by atoms with van der Waals surface area (Å²) in [6.07, 6.45) is 0.360. The summed E-state index contributed by atoms with van der Waals surface area (Å²) in [7, 11) is -2.73. The average molecular weight is 232 g/mol. The normalized spacial score (nSPS) is 10.1. The van der Waals surface area contributed by atoms with Crippen LogP contribution < -0.4 is 29.6 Å². The van der Waals surface area contributed by atoms with E-state index in [0.29, 0.717) is 0 Å². The molecule has 0 spiro atoms. The van der Waals surface area contributed by atoms with Crippen LogP contribution in [0.3, 0.4) is 0 Å². The van der Waals surface area contributed by atoms with E-state index in [1.807, 2.05) is 0 Å². The van der Waals surface area contributed by atoms with Crippen LogP contribution in [0.5, 0.6) is 0 Å². The van der Waals surface area contributed by atoms with Gasteiger partial charge in [0.2, 0.25) is 0 Å². The van der Waals surface area contributed by atoms with E-state index >= 15 is 0 Å². The number of methoxy groups -OCH3 is 1. The van der Waals surface area contributed by atoms with Gasteiger partial charge >= 0.3 is 35.5 Å². The van der Waals surface area contributed by atoms with Crippen molar-refractivity contribution < 1.29 is 53.5 Å². The van der Waals surface area contributed by atoms with Crippen LogP contribution in [0.1, 0.15) is 14.3 Å². The molecule has 0 aliphatic rings. The van der Waals surface area contributed by atoms with Gasteiger partial charge in [-0.25, -0.2) is 4.79 Å². The summed E-state index contributed by atoms with van der Waals surface area (Å²) in [4.78, 5) is 10.7. The predicted octanol–water partition coefficient (Wildman–Crippen LogP) is -2.50. The maximum Gasteiger partial charge on any atom is 1.00 e. The summed E-state index contributed by atoms with van der Waals surface area (Å²) in [5.74, 6) is -0.932. The average Bonchev–Trinajstić information content (AvgIpc) is 2.00. The molecule has 7 heteroatoms. The molecule has 0 unspecified atom stereocenters. The van der Waals surface area contributed by atoms with E-state index in [1.165, 1.54) is 7.11 Å². The Morgan fingerprint density at radius 3 is 2.43 bits per heavy atom. The van der Waals surface area contributed by atoms with Crippen LogP contribution in [0.2, 0.25) is 0 Å². The Labute approximate surface area is 107 Å². The Morgan fingerprint density at radius 1 is 1.57 bits per heavy atom. The van der Waals surface area contributed by atoms with Crippen LogP contribution in [0.25, 0.3) is 0 Å². The molecule has 0 aromatic carbocycles. The van der Waals surface area contributed by atoms with Crippen molar-refractivity contribution in [3.05, 3.63) is 12.2 Å². The Balaban J connectivity index is -0.000000720. The first-order chi connectivity index (χ1) is 5.87. The van der Waals surface area contributed by atoms with Crippen molar-refractivity contribution in [2.75, 3.05) is 12.9 Å². The third kappa shape index (κ3) is 8.71. The van der Waals surface area contributed by atoms with Crippen molar-refractivity contribution in [1.82, 2.24) is 0 Å². The van der Waals surface area contributed by atoms with Crippen LogP contribution in [0.15, 0.2) is 12.2 Å². The van der Waals surface area contributed by atoms with Gasteiger partial charge in [-0.15, -0.1) is 0 Å². The number of ether oxygens (including phenoxy) is 1. The minimum Gasteiger partial charge on any atom is -1.00 e. The summed E-state index contributed by atoms with van der Waals surface area (Å²) in [5, 5.41) is 0. The summed E-state index contributed by atoms with van der Waals surface area (Å²) < 4.78 is 33.2. The Kier molecular flexibility index (Phi) is 8.77. The molecule has 0 aliphatic heterocycles. The number of hydrogen-bond acceptors (Lipinski definition) is 4. The van der Waals surface area contributed by atoms with Crippen molar-refractivity contribution >= 4 is 16.1 Å². The maximum absolute atomic E-state index is 10.7. The van der Waals surface area contributed by atoms with Gasteiger partial charge in [-0.05, 0) is 12.8 Å². The van der Waals surface area contributed by atoms with Crippen LogP contribution >= 0.6 is 0 Å². The van der Waals surface area contributed by atoms with E-state index in [4.69, 9.17) is 4.55 Å². The maximum atomic E-state index is 10.7. The van der Waals surface area contributed by atoms with Gasteiger partial charge < -0.3 is 6.16 Å². The third-order valence-corrected chi connectivity index (χ3v) is 2.16.